The zero-order valence-corrected chi connectivity index (χ0v) is 20.6. The van der Waals surface area contributed by atoms with Crippen molar-refractivity contribution in [2.75, 3.05) is 52.1 Å². The van der Waals surface area contributed by atoms with Crippen molar-refractivity contribution in [3.63, 3.8) is 0 Å². The summed E-state index contributed by atoms with van der Waals surface area (Å²) in [6.07, 6.45) is 4.14. The number of rotatable bonds is 7. The Kier molecular flexibility index (Phi) is 7.13. The molecule has 34 heavy (non-hydrogen) atoms. The van der Waals surface area contributed by atoms with Crippen molar-refractivity contribution in [2.24, 2.45) is 5.92 Å². The molecule has 182 valence electrons. The average Bonchev–Trinajstić information content (AvgIpc) is 3.27. The first-order chi connectivity index (χ1) is 16.7. The van der Waals surface area contributed by atoms with Gasteiger partial charge in [0.25, 0.3) is 5.88 Å². The number of pyridine rings is 1. The number of methoxy groups -OCH3 is 2. The summed E-state index contributed by atoms with van der Waals surface area (Å²) in [6.45, 7) is 4.18. The highest BCUT2D eigenvalue weighted by Crippen LogP contribution is 2.40. The molecule has 7 nitrogen and oxygen atoms in total. The third-order valence-electron chi connectivity index (χ3n) is 6.96. The van der Waals surface area contributed by atoms with Gasteiger partial charge in [-0.15, -0.1) is 5.10 Å². The number of ether oxygens (including phenoxy) is 4. The Labute approximate surface area is 205 Å². The van der Waals surface area contributed by atoms with Gasteiger partial charge in [0.15, 0.2) is 0 Å². The van der Waals surface area contributed by atoms with Crippen LogP contribution in [0.4, 0.5) is 5.69 Å². The Morgan fingerprint density at radius 3 is 2.41 bits per heavy atom. The van der Waals surface area contributed by atoms with Crippen LogP contribution in [0.25, 0.3) is 16.8 Å². The summed E-state index contributed by atoms with van der Waals surface area (Å²) < 4.78 is 24.5. The largest absolute Gasteiger partial charge is 0.497 e. The van der Waals surface area contributed by atoms with Crippen molar-refractivity contribution in [3.8, 4) is 22.9 Å². The maximum atomic E-state index is 6.65. The second-order valence-corrected chi connectivity index (χ2v) is 9.37. The predicted octanol–water partition coefficient (Wildman–Crippen LogP) is 5.08. The predicted molar refractivity (Wildman–Crippen MR) is 133 cm³/mol. The minimum atomic E-state index is 0.381. The van der Waals surface area contributed by atoms with Crippen molar-refractivity contribution in [2.45, 2.75) is 31.7 Å². The first-order valence-electron chi connectivity index (χ1n) is 12.0. The summed E-state index contributed by atoms with van der Waals surface area (Å²) in [5.41, 5.74) is 3.87. The Morgan fingerprint density at radius 2 is 1.74 bits per heavy atom. The molecule has 8 heteroatoms. The summed E-state index contributed by atoms with van der Waals surface area (Å²) >= 11 is 6.65. The molecule has 0 N–H and O–H groups in total. The molecule has 2 aliphatic heterocycles. The quantitative estimate of drug-likeness (QED) is 0.465. The van der Waals surface area contributed by atoms with Gasteiger partial charge < -0.3 is 23.8 Å². The lowest BCUT2D eigenvalue weighted by molar-refractivity contribution is 0.0625. The molecule has 1 aromatic carbocycles. The van der Waals surface area contributed by atoms with Crippen molar-refractivity contribution < 1.29 is 18.9 Å². The second-order valence-electron chi connectivity index (χ2n) is 8.96. The number of nitrogens with zero attached hydrogens (tertiary/aromatic N) is 3. The molecule has 2 aromatic heterocycles. The van der Waals surface area contributed by atoms with Crippen LogP contribution in [0.1, 0.15) is 25.7 Å². The van der Waals surface area contributed by atoms with E-state index in [-0.39, 0.29) is 0 Å². The van der Waals surface area contributed by atoms with Crippen LogP contribution in [0.2, 0.25) is 5.02 Å². The molecular weight excluding hydrogens is 454 g/mol. The van der Waals surface area contributed by atoms with Gasteiger partial charge in [-0.25, -0.2) is 4.52 Å². The lowest BCUT2D eigenvalue weighted by Gasteiger charge is -2.38. The van der Waals surface area contributed by atoms with E-state index in [2.05, 4.69) is 17.0 Å². The van der Waals surface area contributed by atoms with Gasteiger partial charge in [0.2, 0.25) is 0 Å². The van der Waals surface area contributed by atoms with Crippen molar-refractivity contribution in [1.82, 2.24) is 9.61 Å². The van der Waals surface area contributed by atoms with E-state index in [1.807, 2.05) is 28.8 Å². The fourth-order valence-corrected chi connectivity index (χ4v) is 5.37. The molecule has 5 rings (SSSR count). The van der Waals surface area contributed by atoms with Crippen molar-refractivity contribution >= 4 is 22.8 Å². The molecule has 0 aliphatic carbocycles. The Morgan fingerprint density at radius 1 is 1.00 bits per heavy atom. The van der Waals surface area contributed by atoms with E-state index < -0.39 is 0 Å². The van der Waals surface area contributed by atoms with Gasteiger partial charge in [-0.3, -0.25) is 0 Å². The average molecular weight is 486 g/mol. The number of anilines is 1. The molecule has 4 heterocycles. The van der Waals surface area contributed by atoms with E-state index in [1.165, 1.54) is 0 Å². The van der Waals surface area contributed by atoms with Crippen LogP contribution in [-0.2, 0) is 9.47 Å². The van der Waals surface area contributed by atoms with Gasteiger partial charge in [0.05, 0.1) is 30.5 Å². The van der Waals surface area contributed by atoms with Crippen LogP contribution in [0.15, 0.2) is 36.4 Å². The van der Waals surface area contributed by atoms with Crippen LogP contribution in [0.3, 0.4) is 0 Å². The lowest BCUT2D eigenvalue weighted by atomic mass is 9.97. The topological polar surface area (TPSA) is 57.5 Å². The van der Waals surface area contributed by atoms with E-state index in [0.717, 1.165) is 86.9 Å². The van der Waals surface area contributed by atoms with Crippen molar-refractivity contribution in [1.29, 1.82) is 0 Å². The molecule has 0 amide bonds. The smallest absolute Gasteiger partial charge is 0.257 e. The molecular formula is C26H32ClN3O4. The van der Waals surface area contributed by atoms with E-state index in [1.54, 1.807) is 14.2 Å². The first kappa shape index (κ1) is 23.3. The molecule has 0 spiro atoms. The Hall–Kier alpha value is -2.48. The second kappa shape index (κ2) is 10.4. The molecule has 0 unspecified atom stereocenters. The molecule has 0 saturated carbocycles. The van der Waals surface area contributed by atoms with E-state index >= 15 is 0 Å². The highest BCUT2D eigenvalue weighted by Gasteiger charge is 2.31. The monoisotopic (exact) mass is 485 g/mol. The van der Waals surface area contributed by atoms with Crippen LogP contribution in [-0.4, -0.2) is 62.8 Å². The summed E-state index contributed by atoms with van der Waals surface area (Å²) in [5.74, 6) is 1.94. The Bertz CT molecular complexity index is 1120. The first-order valence-corrected chi connectivity index (χ1v) is 12.4. The maximum Gasteiger partial charge on any atom is 0.257 e. The van der Waals surface area contributed by atoms with Crippen LogP contribution < -0.4 is 14.4 Å². The normalized spacial score (nSPS) is 17.7. The van der Waals surface area contributed by atoms with E-state index in [0.29, 0.717) is 22.9 Å². The van der Waals surface area contributed by atoms with Crippen LogP contribution >= 0.6 is 11.6 Å². The molecule has 2 aliphatic rings. The number of halogens is 1. The number of fused-ring (bicyclic) bond motifs is 1. The summed E-state index contributed by atoms with van der Waals surface area (Å²) in [6, 6.07) is 12.3. The van der Waals surface area contributed by atoms with Crippen molar-refractivity contribution in [3.05, 3.63) is 41.4 Å². The molecule has 2 fully saturated rings. The van der Waals surface area contributed by atoms with Gasteiger partial charge in [-0.05, 0) is 61.9 Å². The number of benzene rings is 1. The fraction of sp³-hybridized carbons (Fsp3) is 0.500. The summed E-state index contributed by atoms with van der Waals surface area (Å²) in [5, 5.41) is 5.52. The van der Waals surface area contributed by atoms with Gasteiger partial charge in [-0.1, -0.05) is 17.7 Å². The molecule has 0 atom stereocenters. The number of hydrogen-bond donors (Lipinski definition) is 0. The zero-order chi connectivity index (χ0) is 23.5. The third kappa shape index (κ3) is 4.57. The lowest BCUT2D eigenvalue weighted by Crippen LogP contribution is -2.43. The van der Waals surface area contributed by atoms with E-state index in [4.69, 9.17) is 35.6 Å². The fourth-order valence-electron chi connectivity index (χ4n) is 5.10. The molecule has 0 bridgehead atoms. The van der Waals surface area contributed by atoms with Gasteiger partial charge in [0, 0.05) is 44.6 Å². The Balaban J connectivity index is 1.61. The minimum absolute atomic E-state index is 0.381. The summed E-state index contributed by atoms with van der Waals surface area (Å²) in [7, 11) is 3.34. The SMILES string of the molecule is COc1ccc(-c2cccc3c(N(CC4CCOCC4)C4CCOCC4)c(OC)nn23)c(Cl)c1. The highest BCUT2D eigenvalue weighted by molar-refractivity contribution is 6.33. The van der Waals surface area contributed by atoms with Gasteiger partial charge in [-0.2, -0.15) is 0 Å². The van der Waals surface area contributed by atoms with Crippen LogP contribution in [0, 0.1) is 5.92 Å². The third-order valence-corrected chi connectivity index (χ3v) is 7.27. The van der Waals surface area contributed by atoms with E-state index in [9.17, 15) is 0 Å². The minimum Gasteiger partial charge on any atom is -0.497 e. The molecule has 0 radical (unpaired) electrons. The summed E-state index contributed by atoms with van der Waals surface area (Å²) in [4.78, 5) is 2.53. The van der Waals surface area contributed by atoms with Gasteiger partial charge >= 0.3 is 0 Å². The maximum absolute atomic E-state index is 6.65. The zero-order valence-electron chi connectivity index (χ0n) is 19.8. The highest BCUT2D eigenvalue weighted by atomic mass is 35.5. The standard InChI is InChI=1S/C26H32ClN3O4/c1-31-20-6-7-21(22(27)16-20)23-4-3-5-24-25(26(32-2)28-30(23)24)29(19-10-14-34-15-11-19)17-18-8-12-33-13-9-18/h3-7,16,18-19H,8-15,17H2,1-2H3. The molecule has 3 aromatic rings. The number of aromatic nitrogens is 2. The van der Waals surface area contributed by atoms with Crippen LogP contribution in [0.5, 0.6) is 11.6 Å². The molecule has 2 saturated heterocycles. The van der Waals surface area contributed by atoms with Gasteiger partial charge in [0.1, 0.15) is 11.4 Å². The number of hydrogen-bond acceptors (Lipinski definition) is 6.